The first-order chi connectivity index (χ1) is 7.27. The van der Waals surface area contributed by atoms with Gasteiger partial charge in [-0.15, -0.1) is 0 Å². The highest BCUT2D eigenvalue weighted by molar-refractivity contribution is 5.30. The van der Waals surface area contributed by atoms with E-state index in [-0.39, 0.29) is 0 Å². The molecule has 0 saturated heterocycles. The van der Waals surface area contributed by atoms with Crippen LogP contribution < -0.4 is 10.1 Å². The summed E-state index contributed by atoms with van der Waals surface area (Å²) in [7, 11) is 0. The molecule has 1 rings (SSSR count). The van der Waals surface area contributed by atoms with Crippen molar-refractivity contribution in [2.75, 3.05) is 13.2 Å². The number of rotatable bonds is 6. The van der Waals surface area contributed by atoms with E-state index in [1.165, 1.54) is 5.56 Å². The van der Waals surface area contributed by atoms with Gasteiger partial charge >= 0.3 is 0 Å². The van der Waals surface area contributed by atoms with E-state index in [1.54, 1.807) is 0 Å². The molecule has 0 fully saturated rings. The third kappa shape index (κ3) is 3.92. The molecule has 0 aromatic heterocycles. The fraction of sp³-hybridized carbons (Fsp3) is 0.538. The number of hydrogen-bond donors (Lipinski definition) is 1. The van der Waals surface area contributed by atoms with Crippen molar-refractivity contribution < 1.29 is 4.74 Å². The lowest BCUT2D eigenvalue weighted by atomic mass is 10.1. The van der Waals surface area contributed by atoms with E-state index in [4.69, 9.17) is 4.74 Å². The van der Waals surface area contributed by atoms with Crippen LogP contribution >= 0.6 is 0 Å². The van der Waals surface area contributed by atoms with Gasteiger partial charge in [0, 0.05) is 6.04 Å². The summed E-state index contributed by atoms with van der Waals surface area (Å²) in [5.74, 6) is 0.971. The van der Waals surface area contributed by atoms with Crippen LogP contribution in [0.5, 0.6) is 5.75 Å². The second kappa shape index (κ2) is 6.46. The smallest absolute Gasteiger partial charge is 0.119 e. The number of ether oxygens (including phenoxy) is 1. The minimum Gasteiger partial charge on any atom is -0.494 e. The molecule has 0 saturated carbocycles. The molecule has 1 aromatic rings. The fourth-order valence-electron chi connectivity index (χ4n) is 1.52. The van der Waals surface area contributed by atoms with Gasteiger partial charge < -0.3 is 10.1 Å². The van der Waals surface area contributed by atoms with Crippen molar-refractivity contribution in [2.45, 2.75) is 33.2 Å². The van der Waals surface area contributed by atoms with Gasteiger partial charge in [0.25, 0.3) is 0 Å². The van der Waals surface area contributed by atoms with Gasteiger partial charge in [0.15, 0.2) is 0 Å². The Morgan fingerprint density at radius 2 is 2.13 bits per heavy atom. The van der Waals surface area contributed by atoms with Crippen molar-refractivity contribution in [2.24, 2.45) is 0 Å². The lowest BCUT2D eigenvalue weighted by Gasteiger charge is -2.14. The van der Waals surface area contributed by atoms with Crippen molar-refractivity contribution in [3.63, 3.8) is 0 Å². The SMILES string of the molecule is CCCOc1cccc([C@H](C)NCC)c1. The molecule has 0 unspecified atom stereocenters. The Balaban J connectivity index is 2.64. The van der Waals surface area contributed by atoms with Crippen LogP contribution in [0.2, 0.25) is 0 Å². The molecule has 0 aliphatic carbocycles. The molecule has 2 nitrogen and oxygen atoms in total. The zero-order valence-corrected chi connectivity index (χ0v) is 9.92. The van der Waals surface area contributed by atoms with Crippen molar-refractivity contribution in [3.8, 4) is 5.75 Å². The number of hydrogen-bond acceptors (Lipinski definition) is 2. The molecule has 0 amide bonds. The lowest BCUT2D eigenvalue weighted by Crippen LogP contribution is -2.17. The standard InChI is InChI=1S/C13H21NO/c1-4-9-15-13-8-6-7-12(10-13)11(3)14-5-2/h6-8,10-11,14H,4-5,9H2,1-3H3/t11-/m0/s1. The molecule has 15 heavy (non-hydrogen) atoms. The minimum atomic E-state index is 0.389. The molecule has 1 N–H and O–H groups in total. The Kier molecular flexibility index (Phi) is 5.19. The zero-order valence-electron chi connectivity index (χ0n) is 9.92. The Morgan fingerprint density at radius 1 is 1.33 bits per heavy atom. The third-order valence-electron chi connectivity index (χ3n) is 2.34. The Hall–Kier alpha value is -1.02. The highest BCUT2D eigenvalue weighted by atomic mass is 16.5. The zero-order chi connectivity index (χ0) is 11.1. The van der Waals surface area contributed by atoms with Gasteiger partial charge in [-0.3, -0.25) is 0 Å². The van der Waals surface area contributed by atoms with E-state index in [1.807, 2.05) is 12.1 Å². The summed E-state index contributed by atoms with van der Waals surface area (Å²) in [6.45, 7) is 8.18. The molecule has 0 aliphatic heterocycles. The van der Waals surface area contributed by atoms with E-state index in [0.717, 1.165) is 25.3 Å². The van der Waals surface area contributed by atoms with Crippen LogP contribution in [0.15, 0.2) is 24.3 Å². The first-order valence-corrected chi connectivity index (χ1v) is 5.74. The van der Waals surface area contributed by atoms with Crippen LogP contribution in [0.3, 0.4) is 0 Å². The fourth-order valence-corrected chi connectivity index (χ4v) is 1.52. The third-order valence-corrected chi connectivity index (χ3v) is 2.34. The normalized spacial score (nSPS) is 12.5. The van der Waals surface area contributed by atoms with Gasteiger partial charge in [-0.2, -0.15) is 0 Å². The van der Waals surface area contributed by atoms with Gasteiger partial charge in [0.05, 0.1) is 6.61 Å². The molecule has 0 bridgehead atoms. The maximum Gasteiger partial charge on any atom is 0.119 e. The molecule has 1 aromatic carbocycles. The summed E-state index contributed by atoms with van der Waals surface area (Å²) in [6, 6.07) is 8.70. The van der Waals surface area contributed by atoms with Crippen LogP contribution in [0.4, 0.5) is 0 Å². The Morgan fingerprint density at radius 3 is 2.80 bits per heavy atom. The van der Waals surface area contributed by atoms with Crippen LogP contribution in [-0.4, -0.2) is 13.2 Å². The first-order valence-electron chi connectivity index (χ1n) is 5.74. The average molecular weight is 207 g/mol. The van der Waals surface area contributed by atoms with Crippen LogP contribution in [0.25, 0.3) is 0 Å². The molecule has 0 radical (unpaired) electrons. The predicted octanol–water partition coefficient (Wildman–Crippen LogP) is 3.15. The number of benzene rings is 1. The average Bonchev–Trinajstić information content (AvgIpc) is 2.27. The quantitative estimate of drug-likeness (QED) is 0.773. The van der Waals surface area contributed by atoms with Crippen molar-refractivity contribution >= 4 is 0 Å². The molecular formula is C13H21NO. The van der Waals surface area contributed by atoms with Gasteiger partial charge in [-0.1, -0.05) is 26.0 Å². The second-order valence-electron chi connectivity index (χ2n) is 3.70. The van der Waals surface area contributed by atoms with Crippen LogP contribution in [0.1, 0.15) is 38.8 Å². The Bertz CT molecular complexity index is 286. The van der Waals surface area contributed by atoms with E-state index < -0.39 is 0 Å². The maximum atomic E-state index is 5.60. The minimum absolute atomic E-state index is 0.389. The molecule has 84 valence electrons. The van der Waals surface area contributed by atoms with E-state index in [0.29, 0.717) is 6.04 Å². The summed E-state index contributed by atoms with van der Waals surface area (Å²) in [6.07, 6.45) is 1.05. The van der Waals surface area contributed by atoms with E-state index >= 15 is 0 Å². The van der Waals surface area contributed by atoms with Crippen LogP contribution in [0, 0.1) is 0 Å². The molecule has 0 aliphatic rings. The summed E-state index contributed by atoms with van der Waals surface area (Å²) >= 11 is 0. The van der Waals surface area contributed by atoms with E-state index in [9.17, 15) is 0 Å². The highest BCUT2D eigenvalue weighted by Crippen LogP contribution is 2.18. The lowest BCUT2D eigenvalue weighted by molar-refractivity contribution is 0.317. The van der Waals surface area contributed by atoms with Crippen molar-refractivity contribution in [3.05, 3.63) is 29.8 Å². The summed E-state index contributed by atoms with van der Waals surface area (Å²) in [5.41, 5.74) is 1.28. The van der Waals surface area contributed by atoms with Gasteiger partial charge in [0.2, 0.25) is 0 Å². The summed E-state index contributed by atoms with van der Waals surface area (Å²) < 4.78 is 5.60. The van der Waals surface area contributed by atoms with Gasteiger partial charge in [0.1, 0.15) is 5.75 Å². The second-order valence-corrected chi connectivity index (χ2v) is 3.70. The van der Waals surface area contributed by atoms with Crippen molar-refractivity contribution in [1.29, 1.82) is 0 Å². The summed E-state index contributed by atoms with van der Waals surface area (Å²) in [4.78, 5) is 0. The molecule has 0 heterocycles. The molecule has 2 heteroatoms. The highest BCUT2D eigenvalue weighted by Gasteiger charge is 2.04. The molecular weight excluding hydrogens is 186 g/mol. The van der Waals surface area contributed by atoms with Crippen molar-refractivity contribution in [1.82, 2.24) is 5.32 Å². The largest absolute Gasteiger partial charge is 0.494 e. The maximum absolute atomic E-state index is 5.60. The van der Waals surface area contributed by atoms with Gasteiger partial charge in [-0.05, 0) is 37.6 Å². The Labute approximate surface area is 92.6 Å². The predicted molar refractivity (Wildman–Crippen MR) is 64.3 cm³/mol. The first kappa shape index (κ1) is 12.1. The van der Waals surface area contributed by atoms with E-state index in [2.05, 4.69) is 38.2 Å². The van der Waals surface area contributed by atoms with Gasteiger partial charge in [-0.25, -0.2) is 0 Å². The summed E-state index contributed by atoms with van der Waals surface area (Å²) in [5, 5.41) is 3.39. The molecule has 0 spiro atoms. The van der Waals surface area contributed by atoms with Crippen LogP contribution in [-0.2, 0) is 0 Å². The number of nitrogens with one attached hydrogen (secondary N) is 1. The monoisotopic (exact) mass is 207 g/mol. The topological polar surface area (TPSA) is 21.3 Å². The molecule has 1 atom stereocenters.